The van der Waals surface area contributed by atoms with Gasteiger partial charge in [0.15, 0.2) is 11.6 Å². The number of rotatable bonds is 4. The van der Waals surface area contributed by atoms with Gasteiger partial charge in [-0.2, -0.15) is 22.8 Å². The van der Waals surface area contributed by atoms with E-state index in [1.165, 1.54) is 12.3 Å². The second-order valence-corrected chi connectivity index (χ2v) is 7.47. The number of aromatic nitrogens is 4. The second-order valence-electron chi connectivity index (χ2n) is 7.47. The highest BCUT2D eigenvalue weighted by molar-refractivity contribution is 5.71. The Labute approximate surface area is 203 Å². The molecule has 36 heavy (non-hydrogen) atoms. The van der Waals surface area contributed by atoms with E-state index in [0.717, 1.165) is 28.4 Å². The fourth-order valence-electron chi connectivity index (χ4n) is 3.53. The Hall–Kier alpha value is -4.88. The van der Waals surface area contributed by atoms with Gasteiger partial charge in [0.05, 0.1) is 5.69 Å². The normalized spacial score (nSPS) is 10.8. The summed E-state index contributed by atoms with van der Waals surface area (Å²) < 4.78 is 40.5. The number of hydrogen-bond donors (Lipinski definition) is 0. The summed E-state index contributed by atoms with van der Waals surface area (Å²) in [6, 6.07) is 29.4. The predicted molar refractivity (Wildman–Crippen MR) is 125 cm³/mol. The van der Waals surface area contributed by atoms with Crippen LogP contribution in [0.3, 0.4) is 0 Å². The third-order valence-electron chi connectivity index (χ3n) is 5.15. The monoisotopic (exact) mass is 486 g/mol. The first-order valence-electron chi connectivity index (χ1n) is 10.6. The molecule has 2 heterocycles. The van der Waals surface area contributed by atoms with Gasteiger partial charge in [0.1, 0.15) is 5.69 Å². The molecule has 0 saturated carbocycles. The lowest BCUT2D eigenvalue weighted by Gasteiger charge is -2.08. The number of alkyl halides is 3. The highest BCUT2D eigenvalue weighted by Crippen LogP contribution is 2.31. The van der Waals surface area contributed by atoms with Crippen molar-refractivity contribution >= 4 is 6.15 Å². The van der Waals surface area contributed by atoms with E-state index in [2.05, 4.69) is 15.1 Å². The van der Waals surface area contributed by atoms with Crippen LogP contribution in [0, 0.1) is 0 Å². The molecule has 5 aromatic rings. The van der Waals surface area contributed by atoms with Gasteiger partial charge in [-0.1, -0.05) is 66.7 Å². The maximum absolute atomic E-state index is 13.0. The molecule has 0 atom stereocenters. The van der Waals surface area contributed by atoms with Crippen molar-refractivity contribution in [1.82, 2.24) is 19.7 Å². The quantitative estimate of drug-likeness (QED) is 0.307. The summed E-state index contributed by atoms with van der Waals surface area (Å²) in [7, 11) is 0. The van der Waals surface area contributed by atoms with Crippen molar-refractivity contribution in [1.29, 1.82) is 0 Å². The molecular formula is C27H17F3N4O2. The van der Waals surface area contributed by atoms with Crippen LogP contribution in [0.25, 0.3) is 39.6 Å². The molecule has 0 bridgehead atoms. The van der Waals surface area contributed by atoms with Crippen molar-refractivity contribution in [3.05, 3.63) is 109 Å². The van der Waals surface area contributed by atoms with E-state index in [1.807, 2.05) is 84.9 Å². The zero-order valence-electron chi connectivity index (χ0n) is 18.6. The molecule has 0 fully saturated rings. The SMILES string of the molecule is FC(F)(F)c1ccc(-c2nc(-c3cccc(-c4ccccc4)c3)nn2-c2ccccc2)cn1.O=C=O. The van der Waals surface area contributed by atoms with Crippen molar-refractivity contribution in [3.63, 3.8) is 0 Å². The largest absolute Gasteiger partial charge is 0.433 e. The Morgan fingerprint density at radius 3 is 1.92 bits per heavy atom. The third-order valence-corrected chi connectivity index (χ3v) is 5.15. The van der Waals surface area contributed by atoms with Crippen LogP contribution in [-0.2, 0) is 15.8 Å². The highest BCUT2D eigenvalue weighted by atomic mass is 19.4. The zero-order valence-corrected chi connectivity index (χ0v) is 18.6. The van der Waals surface area contributed by atoms with Crippen LogP contribution in [0.5, 0.6) is 0 Å². The lowest BCUT2D eigenvalue weighted by Crippen LogP contribution is -2.07. The van der Waals surface area contributed by atoms with Gasteiger partial charge >= 0.3 is 12.3 Å². The van der Waals surface area contributed by atoms with E-state index in [1.54, 1.807) is 4.68 Å². The van der Waals surface area contributed by atoms with Crippen LogP contribution in [0.1, 0.15) is 5.69 Å². The zero-order chi connectivity index (χ0) is 25.5. The summed E-state index contributed by atoms with van der Waals surface area (Å²) >= 11 is 0. The summed E-state index contributed by atoms with van der Waals surface area (Å²) in [5.74, 6) is 0.870. The standard InChI is InChI=1S/C26H17F3N4.CO2/c27-26(28,29)23-15-14-21(17-30-23)25-31-24(32-33(25)22-12-5-2-6-13-22)20-11-7-10-19(16-20)18-8-3-1-4-9-18;2-1-3/h1-17H;. The van der Waals surface area contributed by atoms with Gasteiger partial charge < -0.3 is 0 Å². The maximum atomic E-state index is 13.0. The van der Waals surface area contributed by atoms with Crippen LogP contribution >= 0.6 is 0 Å². The first-order chi connectivity index (χ1) is 17.4. The van der Waals surface area contributed by atoms with Crippen molar-refractivity contribution in [2.45, 2.75) is 6.18 Å². The molecule has 3 aromatic carbocycles. The molecular weight excluding hydrogens is 469 g/mol. The summed E-state index contributed by atoms with van der Waals surface area (Å²) in [4.78, 5) is 24.5. The molecule has 0 amide bonds. The molecule has 0 spiro atoms. The van der Waals surface area contributed by atoms with E-state index in [0.29, 0.717) is 17.2 Å². The smallest absolute Gasteiger partial charge is 0.251 e. The molecule has 0 radical (unpaired) electrons. The molecule has 178 valence electrons. The average molecular weight is 486 g/mol. The summed E-state index contributed by atoms with van der Waals surface area (Å²) in [6.07, 6.45) is -3.08. The lowest BCUT2D eigenvalue weighted by atomic mass is 10.0. The van der Waals surface area contributed by atoms with Gasteiger partial charge in [-0.05, 0) is 41.5 Å². The Morgan fingerprint density at radius 1 is 0.694 bits per heavy atom. The number of nitrogens with zero attached hydrogens (tertiary/aromatic N) is 4. The Balaban J connectivity index is 0.000000967. The number of benzene rings is 3. The minimum absolute atomic E-state index is 0.250. The second kappa shape index (κ2) is 10.6. The average Bonchev–Trinajstić information content (AvgIpc) is 3.36. The number of pyridine rings is 1. The summed E-state index contributed by atoms with van der Waals surface area (Å²) in [5, 5.41) is 4.69. The van der Waals surface area contributed by atoms with Crippen molar-refractivity contribution in [2.24, 2.45) is 0 Å². The molecule has 0 unspecified atom stereocenters. The number of hydrogen-bond acceptors (Lipinski definition) is 5. The fourth-order valence-corrected chi connectivity index (χ4v) is 3.53. The van der Waals surface area contributed by atoms with Crippen LogP contribution < -0.4 is 0 Å². The van der Waals surface area contributed by atoms with Gasteiger partial charge in [-0.3, -0.25) is 4.98 Å². The van der Waals surface area contributed by atoms with Crippen LogP contribution in [0.4, 0.5) is 13.2 Å². The molecule has 5 rings (SSSR count). The van der Waals surface area contributed by atoms with Gasteiger partial charge in [-0.15, -0.1) is 5.10 Å². The molecule has 9 heteroatoms. The van der Waals surface area contributed by atoms with E-state index in [9.17, 15) is 13.2 Å². The number of para-hydroxylation sites is 1. The van der Waals surface area contributed by atoms with Crippen molar-refractivity contribution in [3.8, 4) is 39.6 Å². The first kappa shape index (κ1) is 24.3. The van der Waals surface area contributed by atoms with E-state index < -0.39 is 11.9 Å². The van der Waals surface area contributed by atoms with E-state index >= 15 is 0 Å². The lowest BCUT2D eigenvalue weighted by molar-refractivity contribution is -0.191. The van der Waals surface area contributed by atoms with Crippen LogP contribution in [-0.4, -0.2) is 25.9 Å². The maximum Gasteiger partial charge on any atom is 0.433 e. The Bertz CT molecular complexity index is 1480. The summed E-state index contributed by atoms with van der Waals surface area (Å²) in [5.41, 5.74) is 3.10. The minimum Gasteiger partial charge on any atom is -0.251 e. The topological polar surface area (TPSA) is 77.7 Å². The fraction of sp³-hybridized carbons (Fsp3) is 0.0370. The third kappa shape index (κ3) is 5.43. The van der Waals surface area contributed by atoms with Gasteiger partial charge in [0.2, 0.25) is 0 Å². The van der Waals surface area contributed by atoms with Crippen LogP contribution in [0.2, 0.25) is 0 Å². The molecule has 0 saturated heterocycles. The molecule has 0 aliphatic heterocycles. The Morgan fingerprint density at radius 2 is 1.31 bits per heavy atom. The first-order valence-corrected chi connectivity index (χ1v) is 10.6. The Kier molecular flexibility index (Phi) is 7.13. The van der Waals surface area contributed by atoms with Crippen molar-refractivity contribution in [2.75, 3.05) is 0 Å². The number of halogens is 3. The van der Waals surface area contributed by atoms with Gasteiger partial charge in [0.25, 0.3) is 0 Å². The van der Waals surface area contributed by atoms with Crippen LogP contribution in [0.15, 0.2) is 103 Å². The number of carbonyl (C=O) groups excluding carboxylic acids is 2. The molecule has 0 aliphatic carbocycles. The molecule has 2 aromatic heterocycles. The summed E-state index contributed by atoms with van der Waals surface area (Å²) in [6.45, 7) is 0. The predicted octanol–water partition coefficient (Wildman–Crippen LogP) is 6.10. The molecule has 6 nitrogen and oxygen atoms in total. The van der Waals surface area contributed by atoms with E-state index in [-0.39, 0.29) is 6.15 Å². The molecule has 0 N–H and O–H groups in total. The van der Waals surface area contributed by atoms with E-state index in [4.69, 9.17) is 9.59 Å². The van der Waals surface area contributed by atoms with Crippen molar-refractivity contribution < 1.29 is 22.8 Å². The highest BCUT2D eigenvalue weighted by Gasteiger charge is 2.32. The molecule has 0 aliphatic rings. The van der Waals surface area contributed by atoms with Gasteiger partial charge in [0, 0.05) is 17.3 Å². The minimum atomic E-state index is -4.51. The van der Waals surface area contributed by atoms with Gasteiger partial charge in [-0.25, -0.2) is 9.67 Å².